The van der Waals surface area contributed by atoms with Crippen LogP contribution in [0.3, 0.4) is 0 Å². The summed E-state index contributed by atoms with van der Waals surface area (Å²) in [6.07, 6.45) is 4.19. The quantitative estimate of drug-likeness (QED) is 0.310. The normalized spacial score (nSPS) is 11.1. The molecule has 0 atom stereocenters. The molecule has 31 heavy (non-hydrogen) atoms. The summed E-state index contributed by atoms with van der Waals surface area (Å²) in [6, 6.07) is 13.8. The molecule has 7 heteroatoms. The summed E-state index contributed by atoms with van der Waals surface area (Å²) >= 11 is 0. The summed E-state index contributed by atoms with van der Waals surface area (Å²) in [7, 11) is 5.00. The smallest absolute Gasteiger partial charge is 0.226 e. The number of allylic oxidation sites excluding steroid dienone is 1. The van der Waals surface area contributed by atoms with E-state index in [0.29, 0.717) is 37.1 Å². The Kier molecular flexibility index (Phi) is 7.70. The molecule has 0 fully saturated rings. The van der Waals surface area contributed by atoms with Crippen LogP contribution in [0.25, 0.3) is 11.5 Å². The van der Waals surface area contributed by atoms with Gasteiger partial charge in [0.25, 0.3) is 0 Å². The van der Waals surface area contributed by atoms with Crippen molar-refractivity contribution in [1.29, 1.82) is 0 Å². The minimum atomic E-state index is 0.490. The molecule has 162 valence electrons. The Balaban J connectivity index is 1.62. The fraction of sp³-hybridized carbons (Fsp3) is 0.250. The molecule has 0 radical (unpaired) electrons. The molecular weight excluding hydrogens is 392 g/mol. The molecule has 1 heterocycles. The fourth-order valence-electron chi connectivity index (χ4n) is 3.20. The Bertz CT molecular complexity index is 1030. The van der Waals surface area contributed by atoms with Gasteiger partial charge in [-0.25, -0.2) is 4.98 Å². The number of aromatic nitrogens is 1. The molecule has 0 saturated heterocycles. The second kappa shape index (κ2) is 10.9. The number of oxazole rings is 1. The third kappa shape index (κ3) is 5.66. The number of rotatable bonds is 9. The molecular formula is C24H28N4O3. The summed E-state index contributed by atoms with van der Waals surface area (Å²) in [4.78, 5) is 8.81. The van der Waals surface area contributed by atoms with Gasteiger partial charge >= 0.3 is 0 Å². The molecule has 0 bridgehead atoms. The largest absolute Gasteiger partial charge is 0.493 e. The van der Waals surface area contributed by atoms with Gasteiger partial charge in [-0.2, -0.15) is 0 Å². The van der Waals surface area contributed by atoms with Crippen LogP contribution in [0, 0.1) is 0 Å². The average Bonchev–Trinajstić information content (AvgIpc) is 3.28. The van der Waals surface area contributed by atoms with Gasteiger partial charge < -0.3 is 24.5 Å². The highest BCUT2D eigenvalue weighted by Gasteiger charge is 2.12. The second-order valence-corrected chi connectivity index (χ2v) is 6.77. The number of aliphatic imine (C=N–C) groups is 1. The SMILES string of the molecule is C=CCc1cc(CNC(=NC)NCc2coc(-c3ccccc3)n2)cc(OC)c1OC. The molecule has 0 aliphatic carbocycles. The monoisotopic (exact) mass is 420 g/mol. The number of nitrogens with zero attached hydrogens (tertiary/aromatic N) is 2. The van der Waals surface area contributed by atoms with Crippen molar-refractivity contribution in [2.45, 2.75) is 19.5 Å². The first-order valence-corrected chi connectivity index (χ1v) is 9.97. The molecule has 2 aromatic carbocycles. The fourth-order valence-corrected chi connectivity index (χ4v) is 3.20. The van der Waals surface area contributed by atoms with Gasteiger partial charge in [0.15, 0.2) is 17.5 Å². The summed E-state index contributed by atoms with van der Waals surface area (Å²) in [5.74, 6) is 2.68. The van der Waals surface area contributed by atoms with Crippen molar-refractivity contribution in [3.05, 3.63) is 78.2 Å². The first-order chi connectivity index (χ1) is 15.2. The van der Waals surface area contributed by atoms with E-state index in [1.165, 1.54) is 0 Å². The van der Waals surface area contributed by atoms with Crippen molar-refractivity contribution >= 4 is 5.96 Å². The molecule has 0 spiro atoms. The van der Waals surface area contributed by atoms with Crippen LogP contribution < -0.4 is 20.1 Å². The molecule has 1 aromatic heterocycles. The lowest BCUT2D eigenvalue weighted by Gasteiger charge is -2.16. The number of ether oxygens (including phenoxy) is 2. The van der Waals surface area contributed by atoms with E-state index in [2.05, 4.69) is 33.3 Å². The Hall–Kier alpha value is -3.74. The number of benzene rings is 2. The molecule has 2 N–H and O–H groups in total. The third-order valence-electron chi connectivity index (χ3n) is 4.67. The van der Waals surface area contributed by atoms with Gasteiger partial charge in [-0.3, -0.25) is 4.99 Å². The van der Waals surface area contributed by atoms with Crippen LogP contribution in [0.5, 0.6) is 11.5 Å². The Labute approximate surface area is 182 Å². The molecule has 0 unspecified atom stereocenters. The van der Waals surface area contributed by atoms with Crippen molar-refractivity contribution < 1.29 is 13.9 Å². The van der Waals surface area contributed by atoms with Crippen molar-refractivity contribution in [2.24, 2.45) is 4.99 Å². The van der Waals surface area contributed by atoms with Gasteiger partial charge in [0, 0.05) is 24.7 Å². The first kappa shape index (κ1) is 22.0. The van der Waals surface area contributed by atoms with Gasteiger partial charge in [-0.1, -0.05) is 24.3 Å². The highest BCUT2D eigenvalue weighted by atomic mass is 16.5. The number of nitrogens with one attached hydrogen (secondary N) is 2. The highest BCUT2D eigenvalue weighted by Crippen LogP contribution is 2.33. The lowest BCUT2D eigenvalue weighted by molar-refractivity contribution is 0.352. The summed E-state index contributed by atoms with van der Waals surface area (Å²) in [6.45, 7) is 4.88. The number of hydrogen-bond donors (Lipinski definition) is 2. The topological polar surface area (TPSA) is 80.9 Å². The molecule has 0 aliphatic rings. The highest BCUT2D eigenvalue weighted by molar-refractivity contribution is 5.79. The van der Waals surface area contributed by atoms with Gasteiger partial charge in [0.2, 0.25) is 5.89 Å². The van der Waals surface area contributed by atoms with Crippen LogP contribution in [0.2, 0.25) is 0 Å². The second-order valence-electron chi connectivity index (χ2n) is 6.77. The molecule has 0 amide bonds. The lowest BCUT2D eigenvalue weighted by Crippen LogP contribution is -2.36. The lowest BCUT2D eigenvalue weighted by atomic mass is 10.1. The van der Waals surface area contributed by atoms with E-state index in [0.717, 1.165) is 28.1 Å². The molecule has 0 saturated carbocycles. The minimum absolute atomic E-state index is 0.490. The number of hydrogen-bond acceptors (Lipinski definition) is 5. The minimum Gasteiger partial charge on any atom is -0.493 e. The van der Waals surface area contributed by atoms with Crippen molar-refractivity contribution in [3.63, 3.8) is 0 Å². The summed E-state index contributed by atoms with van der Waals surface area (Å²) < 4.78 is 16.6. The zero-order valence-electron chi connectivity index (χ0n) is 18.1. The predicted molar refractivity (Wildman–Crippen MR) is 122 cm³/mol. The molecule has 7 nitrogen and oxygen atoms in total. The maximum absolute atomic E-state index is 5.58. The van der Waals surface area contributed by atoms with Gasteiger partial charge in [0.1, 0.15) is 6.26 Å². The van der Waals surface area contributed by atoms with E-state index in [-0.39, 0.29) is 0 Å². The van der Waals surface area contributed by atoms with E-state index in [1.807, 2.05) is 42.5 Å². The van der Waals surface area contributed by atoms with Crippen molar-refractivity contribution in [1.82, 2.24) is 15.6 Å². The summed E-state index contributed by atoms with van der Waals surface area (Å²) in [5, 5.41) is 6.57. The van der Waals surface area contributed by atoms with Crippen LogP contribution in [-0.4, -0.2) is 32.2 Å². The van der Waals surface area contributed by atoms with Crippen LogP contribution in [0.15, 0.2) is 70.8 Å². The maximum Gasteiger partial charge on any atom is 0.226 e. The van der Waals surface area contributed by atoms with E-state index >= 15 is 0 Å². The van der Waals surface area contributed by atoms with E-state index < -0.39 is 0 Å². The predicted octanol–water partition coefficient (Wildman–Crippen LogP) is 3.95. The van der Waals surface area contributed by atoms with Crippen LogP contribution >= 0.6 is 0 Å². The maximum atomic E-state index is 5.58. The Morgan fingerprint density at radius 3 is 2.58 bits per heavy atom. The van der Waals surface area contributed by atoms with E-state index in [1.54, 1.807) is 27.5 Å². The van der Waals surface area contributed by atoms with Crippen LogP contribution in [0.1, 0.15) is 16.8 Å². The van der Waals surface area contributed by atoms with Crippen LogP contribution in [0.4, 0.5) is 0 Å². The van der Waals surface area contributed by atoms with Gasteiger partial charge in [0.05, 0.1) is 26.5 Å². The number of methoxy groups -OCH3 is 2. The zero-order chi connectivity index (χ0) is 22.1. The Morgan fingerprint density at radius 1 is 1.13 bits per heavy atom. The van der Waals surface area contributed by atoms with E-state index in [9.17, 15) is 0 Å². The number of guanidine groups is 1. The van der Waals surface area contributed by atoms with Crippen LogP contribution in [-0.2, 0) is 19.5 Å². The first-order valence-electron chi connectivity index (χ1n) is 9.97. The van der Waals surface area contributed by atoms with E-state index in [4.69, 9.17) is 13.9 Å². The molecule has 0 aliphatic heterocycles. The standard InChI is InChI=1S/C24H28N4O3/c1-5-9-19-12-17(13-21(29-3)22(19)30-4)14-26-24(25-2)27-15-20-16-31-23(28-20)18-10-7-6-8-11-18/h5-8,10-13,16H,1,9,14-15H2,2-4H3,(H2,25,26,27). The molecule has 3 aromatic rings. The average molecular weight is 421 g/mol. The third-order valence-corrected chi connectivity index (χ3v) is 4.67. The Morgan fingerprint density at radius 2 is 1.90 bits per heavy atom. The van der Waals surface area contributed by atoms with Crippen molar-refractivity contribution in [3.8, 4) is 23.0 Å². The van der Waals surface area contributed by atoms with Gasteiger partial charge in [-0.15, -0.1) is 6.58 Å². The summed E-state index contributed by atoms with van der Waals surface area (Å²) in [5.41, 5.74) is 3.80. The van der Waals surface area contributed by atoms with Crippen molar-refractivity contribution in [2.75, 3.05) is 21.3 Å². The zero-order valence-corrected chi connectivity index (χ0v) is 18.1. The van der Waals surface area contributed by atoms with Gasteiger partial charge in [-0.05, 0) is 36.2 Å². The molecule has 3 rings (SSSR count).